The van der Waals surface area contributed by atoms with Gasteiger partial charge in [-0.1, -0.05) is 74.5 Å². The van der Waals surface area contributed by atoms with Gasteiger partial charge in [-0.05, 0) is 40.8 Å². The second-order valence-corrected chi connectivity index (χ2v) is 8.01. The number of carbonyl (C=O) groups excluding carboxylic acids is 3. The van der Waals surface area contributed by atoms with Crippen molar-refractivity contribution in [2.75, 3.05) is 0 Å². The minimum atomic E-state index is -0.637. The van der Waals surface area contributed by atoms with E-state index < -0.39 is 12.0 Å². The summed E-state index contributed by atoms with van der Waals surface area (Å²) in [4.78, 5) is 37.3. The highest BCUT2D eigenvalue weighted by Crippen LogP contribution is 2.18. The normalized spacial score (nSPS) is 13.0. The Morgan fingerprint density at radius 1 is 0.900 bits per heavy atom. The van der Waals surface area contributed by atoms with E-state index in [9.17, 15) is 14.4 Å². The molecule has 3 aromatic rings. The van der Waals surface area contributed by atoms with E-state index in [1.807, 2.05) is 80.6 Å². The highest BCUT2D eigenvalue weighted by Gasteiger charge is 2.27. The Morgan fingerprint density at radius 3 is 2.23 bits per heavy atom. The van der Waals surface area contributed by atoms with Gasteiger partial charge in [0, 0.05) is 17.9 Å². The van der Waals surface area contributed by atoms with Crippen LogP contribution in [-0.2, 0) is 16.0 Å². The fourth-order valence-corrected chi connectivity index (χ4v) is 3.64. The quantitative estimate of drug-likeness (QED) is 0.533. The van der Waals surface area contributed by atoms with Crippen molar-refractivity contribution >= 4 is 28.7 Å². The average molecular weight is 402 g/mol. The van der Waals surface area contributed by atoms with E-state index in [1.54, 1.807) is 6.07 Å². The molecule has 0 saturated heterocycles. The molecule has 1 N–H and O–H groups in total. The highest BCUT2D eigenvalue weighted by atomic mass is 16.2. The first-order valence-electron chi connectivity index (χ1n) is 10.3. The smallest absolute Gasteiger partial charge is 0.251 e. The lowest BCUT2D eigenvalue weighted by Crippen LogP contribution is -2.45. The zero-order valence-corrected chi connectivity index (χ0v) is 17.4. The number of aldehydes is 1. The molecule has 154 valence electrons. The third kappa shape index (κ3) is 5.41. The van der Waals surface area contributed by atoms with Crippen LogP contribution in [0.4, 0.5) is 0 Å². The average Bonchev–Trinajstić information content (AvgIpc) is 2.76. The van der Waals surface area contributed by atoms with Gasteiger partial charge in [-0.2, -0.15) is 0 Å². The number of Topliss-reactive ketones (excluding diaryl/α,β-unsaturated/α-hetero) is 1. The Bertz CT molecular complexity index is 1030. The fraction of sp³-hybridized carbons (Fsp3) is 0.269. The van der Waals surface area contributed by atoms with Crippen molar-refractivity contribution in [3.8, 4) is 0 Å². The molecule has 0 unspecified atom stereocenters. The van der Waals surface area contributed by atoms with Crippen LogP contribution in [0.3, 0.4) is 0 Å². The predicted octanol–water partition coefficient (Wildman–Crippen LogP) is 4.61. The van der Waals surface area contributed by atoms with Crippen LogP contribution in [-0.4, -0.2) is 24.0 Å². The van der Waals surface area contributed by atoms with Gasteiger partial charge in [0.2, 0.25) is 0 Å². The molecular weight excluding hydrogens is 374 g/mol. The van der Waals surface area contributed by atoms with Gasteiger partial charge in [-0.25, -0.2) is 0 Å². The standard InChI is InChI=1S/C26H27NO3/c1-18(2)25(24(29)15-20(17-28)14-19-8-4-3-5-9-19)27-26(30)23-13-12-21-10-6-7-11-22(21)16-23/h3-13,16-18,20,25H,14-15H2,1-2H3,(H,27,30)/t20-,25+/m1/s1. The van der Waals surface area contributed by atoms with E-state index in [2.05, 4.69) is 5.32 Å². The lowest BCUT2D eigenvalue weighted by molar-refractivity contribution is -0.125. The second kappa shape index (κ2) is 9.97. The summed E-state index contributed by atoms with van der Waals surface area (Å²) in [6.45, 7) is 3.80. The molecule has 30 heavy (non-hydrogen) atoms. The number of hydrogen-bond donors (Lipinski definition) is 1. The molecule has 0 heterocycles. The van der Waals surface area contributed by atoms with Gasteiger partial charge >= 0.3 is 0 Å². The van der Waals surface area contributed by atoms with Crippen LogP contribution in [0.25, 0.3) is 10.8 Å². The third-order valence-electron chi connectivity index (χ3n) is 5.31. The SMILES string of the molecule is CC(C)[C@H](NC(=O)c1ccc2ccccc2c1)C(=O)C[C@H](C=O)Cc1ccccc1. The molecule has 4 heteroatoms. The molecule has 0 spiro atoms. The van der Waals surface area contributed by atoms with Crippen molar-refractivity contribution in [3.63, 3.8) is 0 Å². The van der Waals surface area contributed by atoms with Crippen molar-refractivity contribution in [1.29, 1.82) is 0 Å². The number of fused-ring (bicyclic) bond motifs is 1. The fourth-order valence-electron chi connectivity index (χ4n) is 3.64. The summed E-state index contributed by atoms with van der Waals surface area (Å²) < 4.78 is 0. The summed E-state index contributed by atoms with van der Waals surface area (Å²) >= 11 is 0. The Kier molecular flexibility index (Phi) is 7.12. The Labute approximate surface area is 177 Å². The van der Waals surface area contributed by atoms with Gasteiger partial charge in [-0.15, -0.1) is 0 Å². The summed E-state index contributed by atoms with van der Waals surface area (Å²) in [5, 5.41) is 4.92. The van der Waals surface area contributed by atoms with E-state index in [-0.39, 0.29) is 24.0 Å². The highest BCUT2D eigenvalue weighted by molar-refractivity contribution is 6.01. The van der Waals surface area contributed by atoms with Crippen LogP contribution in [0.1, 0.15) is 36.2 Å². The number of rotatable bonds is 9. The zero-order valence-electron chi connectivity index (χ0n) is 17.4. The summed E-state index contributed by atoms with van der Waals surface area (Å²) in [6.07, 6.45) is 1.46. The molecule has 0 saturated carbocycles. The lowest BCUT2D eigenvalue weighted by atomic mass is 9.89. The van der Waals surface area contributed by atoms with Gasteiger partial charge < -0.3 is 10.1 Å². The molecule has 2 atom stereocenters. The molecule has 0 aliphatic rings. The van der Waals surface area contributed by atoms with Crippen LogP contribution < -0.4 is 5.32 Å². The molecule has 1 amide bonds. The van der Waals surface area contributed by atoms with Gasteiger partial charge in [0.15, 0.2) is 5.78 Å². The van der Waals surface area contributed by atoms with Gasteiger partial charge in [0.05, 0.1) is 6.04 Å². The van der Waals surface area contributed by atoms with Crippen molar-refractivity contribution in [2.24, 2.45) is 11.8 Å². The summed E-state index contributed by atoms with van der Waals surface area (Å²) in [5.41, 5.74) is 1.53. The Morgan fingerprint density at radius 2 is 1.57 bits per heavy atom. The monoisotopic (exact) mass is 401 g/mol. The van der Waals surface area contributed by atoms with E-state index in [0.29, 0.717) is 12.0 Å². The molecular formula is C26H27NO3. The minimum absolute atomic E-state index is 0.0778. The van der Waals surface area contributed by atoms with Crippen molar-refractivity contribution < 1.29 is 14.4 Å². The molecule has 0 radical (unpaired) electrons. The maximum absolute atomic E-state index is 12.9. The zero-order chi connectivity index (χ0) is 21.5. The van der Waals surface area contributed by atoms with E-state index >= 15 is 0 Å². The maximum Gasteiger partial charge on any atom is 0.251 e. The van der Waals surface area contributed by atoms with Crippen LogP contribution in [0.2, 0.25) is 0 Å². The molecule has 3 aromatic carbocycles. The lowest BCUT2D eigenvalue weighted by Gasteiger charge is -2.23. The summed E-state index contributed by atoms with van der Waals surface area (Å²) in [7, 11) is 0. The Balaban J connectivity index is 1.69. The van der Waals surface area contributed by atoms with E-state index in [4.69, 9.17) is 0 Å². The van der Waals surface area contributed by atoms with E-state index in [1.165, 1.54) is 0 Å². The summed E-state index contributed by atoms with van der Waals surface area (Å²) in [6, 6.07) is 22.3. The third-order valence-corrected chi connectivity index (χ3v) is 5.31. The van der Waals surface area contributed by atoms with Gasteiger partial charge in [0.1, 0.15) is 6.29 Å². The number of ketones is 1. The first-order valence-corrected chi connectivity index (χ1v) is 10.3. The second-order valence-electron chi connectivity index (χ2n) is 8.01. The van der Waals surface area contributed by atoms with Crippen molar-refractivity contribution in [2.45, 2.75) is 32.7 Å². The Hall–Kier alpha value is -3.27. The van der Waals surface area contributed by atoms with Crippen LogP contribution in [0, 0.1) is 11.8 Å². The maximum atomic E-state index is 12.9. The molecule has 0 aliphatic carbocycles. The van der Waals surface area contributed by atoms with Gasteiger partial charge in [-0.3, -0.25) is 9.59 Å². The largest absolute Gasteiger partial charge is 0.342 e. The molecule has 4 nitrogen and oxygen atoms in total. The molecule has 0 bridgehead atoms. The van der Waals surface area contributed by atoms with Crippen LogP contribution >= 0.6 is 0 Å². The molecule has 3 rings (SSSR count). The summed E-state index contributed by atoms with van der Waals surface area (Å²) in [5.74, 6) is -0.879. The number of amides is 1. The molecule has 0 aliphatic heterocycles. The van der Waals surface area contributed by atoms with E-state index in [0.717, 1.165) is 22.6 Å². The first-order chi connectivity index (χ1) is 14.5. The number of benzene rings is 3. The topological polar surface area (TPSA) is 63.2 Å². The molecule has 0 fully saturated rings. The van der Waals surface area contributed by atoms with Crippen LogP contribution in [0.5, 0.6) is 0 Å². The number of carbonyl (C=O) groups is 3. The predicted molar refractivity (Wildman–Crippen MR) is 119 cm³/mol. The van der Waals surface area contributed by atoms with Crippen molar-refractivity contribution in [1.82, 2.24) is 5.32 Å². The van der Waals surface area contributed by atoms with Crippen LogP contribution in [0.15, 0.2) is 72.8 Å². The van der Waals surface area contributed by atoms with Gasteiger partial charge in [0.25, 0.3) is 5.91 Å². The first kappa shape index (κ1) is 21.4. The molecule has 0 aromatic heterocycles. The number of nitrogens with one attached hydrogen (secondary N) is 1. The van der Waals surface area contributed by atoms with Crippen molar-refractivity contribution in [3.05, 3.63) is 83.9 Å². The number of hydrogen-bond acceptors (Lipinski definition) is 3. The minimum Gasteiger partial charge on any atom is -0.342 e.